The van der Waals surface area contributed by atoms with Crippen molar-refractivity contribution in [1.82, 2.24) is 43.1 Å². The highest BCUT2D eigenvalue weighted by molar-refractivity contribution is 8.14. The van der Waals surface area contributed by atoms with E-state index in [4.69, 9.17) is 23.9 Å². The largest absolute Gasteiger partial charge is 0.497 e. The van der Waals surface area contributed by atoms with Crippen LogP contribution >= 0.6 is 37.7 Å². The molecule has 1 fully saturated rings. The third-order valence-corrected chi connectivity index (χ3v) is 17.5. The van der Waals surface area contributed by atoms with E-state index >= 15 is 0 Å². The minimum absolute atomic E-state index is 0. The molecule has 2 aliphatic rings. The number of rotatable bonds is 21. The summed E-state index contributed by atoms with van der Waals surface area (Å²) in [4.78, 5) is 109. The van der Waals surface area contributed by atoms with Gasteiger partial charge in [0, 0.05) is 18.8 Å². The molecule has 5 aromatic carbocycles. The molecule has 0 spiro atoms. The maximum Gasteiger partial charge on any atom is 0.381 e. The van der Waals surface area contributed by atoms with Gasteiger partial charge in [-0.3, -0.25) is 18.3 Å². The summed E-state index contributed by atoms with van der Waals surface area (Å²) < 4.78 is 24.9. The van der Waals surface area contributed by atoms with Crippen LogP contribution in [-0.2, 0) is 46.9 Å². The quantitative estimate of drug-likeness (QED) is 0.0386. The van der Waals surface area contributed by atoms with Crippen molar-refractivity contribution >= 4 is 90.0 Å². The third kappa shape index (κ3) is 17.7. The Labute approximate surface area is 597 Å². The van der Waals surface area contributed by atoms with Gasteiger partial charge in [0.15, 0.2) is 27.3 Å². The number of ether oxygens (including phenoxy) is 4. The Hall–Kier alpha value is -12.0. The van der Waals surface area contributed by atoms with E-state index in [2.05, 4.69) is 62.1 Å². The number of carboxylic acids is 4. The summed E-state index contributed by atoms with van der Waals surface area (Å²) in [5.41, 5.74) is -2.93. The Morgan fingerprint density at radius 2 is 0.706 bits per heavy atom. The van der Waals surface area contributed by atoms with Crippen LogP contribution in [0.15, 0.2) is 182 Å². The number of amidine groups is 1. The molecule has 35 nitrogen and oxygen atoms in total. The Kier molecular flexibility index (Phi) is 28.0. The molecule has 0 saturated carbocycles. The smallest absolute Gasteiger partial charge is 0.381 e. The third-order valence-electron chi connectivity index (χ3n) is 16.5. The lowest BCUT2D eigenvalue weighted by molar-refractivity contribution is -0.389. The highest BCUT2D eigenvalue weighted by Gasteiger charge is 2.43. The molecule has 102 heavy (non-hydrogen) atoms. The van der Waals surface area contributed by atoms with Gasteiger partial charge in [-0.1, -0.05) is 90.6 Å². The first-order valence-corrected chi connectivity index (χ1v) is 30.1. The summed E-state index contributed by atoms with van der Waals surface area (Å²) in [6.45, 7) is 10.2. The summed E-state index contributed by atoms with van der Waals surface area (Å²) in [5.74, 6) is -2.69. The van der Waals surface area contributed by atoms with Gasteiger partial charge in [0.2, 0.25) is 25.3 Å². The van der Waals surface area contributed by atoms with E-state index in [1.165, 1.54) is 90.9 Å². The molecule has 2 aliphatic heterocycles. The number of thioether (sulfide) groups is 1. The standard InChI is InChI=1S/4C13H13N3O5.C12H14N2S.ClH.H2O.H2S/c4*1-13(12(17)18,9-3-5-10(21-2)6-4-9)15-7-11(14-8-15)16(19)20;1-12(10-5-3-2-4-6-10)9-14-7-8-15-11(14)13-12;;;/h4*3-8H,1-2H3,(H,17,18);2-6H,7-9H2,1H3;1H;2*1H2/t3*13-;;12-;;;/m110.1.../s1. The fourth-order valence-electron chi connectivity index (χ4n) is 10.1. The number of aliphatic carboxylic acids is 4. The topological polar surface area (TPSA) is 477 Å². The zero-order valence-electron chi connectivity index (χ0n) is 55.8. The van der Waals surface area contributed by atoms with Gasteiger partial charge in [-0.2, -0.15) is 13.5 Å². The number of hydrogen-bond donors (Lipinski definition) is 4. The normalized spacial score (nSPS) is 15.3. The maximum atomic E-state index is 11.7. The second kappa shape index (κ2) is 34.7. The monoisotopic (exact) mass is 1470 g/mol. The van der Waals surface area contributed by atoms with E-state index < -0.39 is 89.0 Å². The number of hydrogen-bond acceptors (Lipinski definition) is 23. The molecule has 5 atom stereocenters. The molecule has 11 rings (SSSR count). The van der Waals surface area contributed by atoms with Gasteiger partial charge in [0.1, 0.15) is 53.3 Å². The van der Waals surface area contributed by atoms with E-state index in [1.807, 2.05) is 11.8 Å². The summed E-state index contributed by atoms with van der Waals surface area (Å²) in [6, 6.07) is 36.4. The van der Waals surface area contributed by atoms with Gasteiger partial charge in [-0.05, 0) is 151 Å². The Balaban J connectivity index is 0.000000269. The van der Waals surface area contributed by atoms with Crippen LogP contribution in [0, 0.1) is 40.5 Å². The predicted octanol–water partition coefficient (Wildman–Crippen LogP) is 8.62. The van der Waals surface area contributed by atoms with Gasteiger partial charge in [-0.25, -0.2) is 24.2 Å². The van der Waals surface area contributed by atoms with E-state index in [0.717, 1.165) is 63.2 Å². The number of aromatic nitrogens is 8. The van der Waals surface area contributed by atoms with E-state index in [0.29, 0.717) is 45.3 Å². The minimum atomic E-state index is -1.51. The zero-order valence-corrected chi connectivity index (χ0v) is 58.4. The number of aliphatic imine (C=N–C) groups is 1. The fraction of sp³-hybridized carbons (Fsp3) is 0.266. The lowest BCUT2D eigenvalue weighted by Crippen LogP contribution is -2.39. The first kappa shape index (κ1) is 82.5. The van der Waals surface area contributed by atoms with Crippen molar-refractivity contribution in [3.63, 3.8) is 0 Å². The van der Waals surface area contributed by atoms with Crippen molar-refractivity contribution in [2.75, 3.05) is 47.3 Å². The summed E-state index contributed by atoms with van der Waals surface area (Å²) in [6.07, 6.45) is 8.92. The molecule has 6 N–H and O–H groups in total. The first-order valence-electron chi connectivity index (χ1n) is 29.2. The van der Waals surface area contributed by atoms with Gasteiger partial charge >= 0.3 is 47.1 Å². The molecule has 542 valence electrons. The second-order valence-electron chi connectivity index (χ2n) is 22.3. The maximum absolute atomic E-state index is 11.7. The number of fused-ring (bicyclic) bond motifs is 1. The molecular weight excluding hydrogens is 1400 g/mol. The summed E-state index contributed by atoms with van der Waals surface area (Å²) in [7, 11) is 6.02. The summed E-state index contributed by atoms with van der Waals surface area (Å²) in [5, 5.41) is 82.3. The lowest BCUT2D eigenvalue weighted by atomic mass is 9.92. The van der Waals surface area contributed by atoms with Crippen molar-refractivity contribution in [3.05, 3.63) is 246 Å². The number of nitrogens with zero attached hydrogens (tertiary/aromatic N) is 14. The molecular formula is C64H71ClN14O21S2. The van der Waals surface area contributed by atoms with Crippen molar-refractivity contribution in [3.8, 4) is 23.0 Å². The molecule has 6 heterocycles. The molecule has 1 unspecified atom stereocenters. The van der Waals surface area contributed by atoms with Crippen LogP contribution in [0.5, 0.6) is 23.0 Å². The molecule has 9 aromatic rings. The molecule has 4 aromatic heterocycles. The van der Waals surface area contributed by atoms with Gasteiger partial charge in [0.25, 0.3) is 0 Å². The van der Waals surface area contributed by atoms with Crippen molar-refractivity contribution < 1.29 is 83.7 Å². The lowest BCUT2D eigenvalue weighted by Gasteiger charge is -2.26. The van der Waals surface area contributed by atoms with Crippen molar-refractivity contribution in [2.45, 2.75) is 62.3 Å². The minimum Gasteiger partial charge on any atom is -0.497 e. The van der Waals surface area contributed by atoms with E-state index in [9.17, 15) is 80.1 Å². The highest BCUT2D eigenvalue weighted by Crippen LogP contribution is 2.38. The number of carbonyl (C=O) groups is 4. The average molecular weight is 1470 g/mol. The first-order chi connectivity index (χ1) is 46.8. The van der Waals surface area contributed by atoms with Gasteiger partial charge < -0.3 is 90.2 Å². The molecule has 0 radical (unpaired) electrons. The Bertz CT molecular complexity index is 3950. The molecule has 0 aliphatic carbocycles. The van der Waals surface area contributed by atoms with Gasteiger partial charge in [0.05, 0.1) is 28.4 Å². The molecule has 0 bridgehead atoms. The summed E-state index contributed by atoms with van der Waals surface area (Å²) >= 11 is 1.89. The molecule has 38 heteroatoms. The van der Waals surface area contributed by atoms with Crippen LogP contribution in [0.1, 0.15) is 62.4 Å². The van der Waals surface area contributed by atoms with Crippen LogP contribution in [0.4, 0.5) is 23.3 Å². The van der Waals surface area contributed by atoms with Crippen LogP contribution < -0.4 is 18.9 Å². The van der Waals surface area contributed by atoms with Crippen molar-refractivity contribution in [1.29, 1.82) is 0 Å². The van der Waals surface area contributed by atoms with Crippen molar-refractivity contribution in [2.24, 2.45) is 4.99 Å². The van der Waals surface area contributed by atoms with Crippen LogP contribution in [0.3, 0.4) is 0 Å². The second-order valence-corrected chi connectivity index (χ2v) is 23.4. The van der Waals surface area contributed by atoms with E-state index in [1.54, 1.807) is 97.1 Å². The Morgan fingerprint density at radius 3 is 0.902 bits per heavy atom. The number of methoxy groups -OCH3 is 4. The molecule has 0 amide bonds. The zero-order chi connectivity index (χ0) is 72.8. The Morgan fingerprint density at radius 1 is 0.461 bits per heavy atom. The molecule has 1 saturated heterocycles. The number of imidazole rings is 4. The number of benzene rings is 5. The SMILES string of the molecule is COc1ccc(C(C)(C(=O)O)n2cnc([N+](=O)[O-])c2)cc1.COc1ccc([C@@](C)(C(=O)O)n2cnc([N+](=O)[O-])c2)cc1.COc1ccc([C@](C)(C(=O)O)n2cnc([N+](=O)[O-])c2)cc1.COc1ccc([C@](C)(C(=O)O)n2cnc([N+](=O)[O-])c2)cc1.C[C@]1(c2ccccc2)CN2CCSC2=N1.Cl.O.S. The predicted molar refractivity (Wildman–Crippen MR) is 376 cm³/mol. The number of halogens is 1. The van der Waals surface area contributed by atoms with E-state index in [-0.39, 0.29) is 36.9 Å². The number of nitro groups is 4. The fourth-order valence-corrected chi connectivity index (χ4v) is 11.2. The van der Waals surface area contributed by atoms with Crippen LogP contribution in [0.25, 0.3) is 0 Å². The average Bonchev–Trinajstić information content (AvgIpc) is 1.71. The number of carboxylic acid groups (broad SMARTS) is 4. The highest BCUT2D eigenvalue weighted by atomic mass is 35.5. The van der Waals surface area contributed by atoms with Crippen LogP contribution in [-0.4, -0.2) is 165 Å². The van der Waals surface area contributed by atoms with Crippen LogP contribution in [0.2, 0.25) is 0 Å². The van der Waals surface area contributed by atoms with Gasteiger partial charge in [-0.15, -0.1) is 12.4 Å².